The van der Waals surface area contributed by atoms with Crippen LogP contribution >= 0.6 is 0 Å². The van der Waals surface area contributed by atoms with Crippen LogP contribution < -0.4 is 4.90 Å². The number of rotatable bonds is 5. The predicted octanol–water partition coefficient (Wildman–Crippen LogP) is 7.70. The average Bonchev–Trinajstić information content (AvgIpc) is 2.79. The Morgan fingerprint density at radius 3 is 1.90 bits per heavy atom. The molecule has 1 nitrogen and oxygen atoms in total. The molecule has 4 aromatic carbocycles. The van der Waals surface area contributed by atoms with Crippen LogP contribution in [-0.2, 0) is 12.8 Å². The van der Waals surface area contributed by atoms with Gasteiger partial charge in [0.15, 0.2) is 0 Å². The highest BCUT2D eigenvalue weighted by atomic mass is 15.1. The molecule has 1 aliphatic carbocycles. The van der Waals surface area contributed by atoms with Crippen LogP contribution in [0, 0.1) is 6.92 Å². The van der Waals surface area contributed by atoms with Gasteiger partial charge in [-0.25, -0.2) is 0 Å². The molecule has 0 fully saturated rings. The van der Waals surface area contributed by atoms with Crippen LogP contribution in [0.4, 0.5) is 11.4 Å². The Morgan fingerprint density at radius 2 is 1.26 bits per heavy atom. The van der Waals surface area contributed by atoms with Crippen LogP contribution in [0.25, 0.3) is 23.3 Å². The van der Waals surface area contributed by atoms with Crippen molar-refractivity contribution in [3.8, 4) is 11.1 Å². The molecule has 0 saturated carbocycles. The van der Waals surface area contributed by atoms with Gasteiger partial charge in [0.05, 0.1) is 0 Å². The Kier molecular flexibility index (Phi) is 5.18. The molecule has 0 heterocycles. The summed E-state index contributed by atoms with van der Waals surface area (Å²) in [5.74, 6) is 0. The van der Waals surface area contributed by atoms with E-state index in [2.05, 4.69) is 122 Å². The normalized spacial score (nSPS) is 12.5. The first-order valence-corrected chi connectivity index (χ1v) is 11.0. The van der Waals surface area contributed by atoms with Gasteiger partial charge in [0.25, 0.3) is 0 Å². The molecule has 1 heteroatoms. The van der Waals surface area contributed by atoms with Crippen molar-refractivity contribution in [3.05, 3.63) is 119 Å². The quantitative estimate of drug-likeness (QED) is 0.310. The molecule has 0 radical (unpaired) electrons. The number of hydrogen-bond acceptors (Lipinski definition) is 1. The van der Waals surface area contributed by atoms with Crippen LogP contribution in [-0.4, -0.2) is 7.05 Å². The molecule has 0 aliphatic heterocycles. The van der Waals surface area contributed by atoms with Gasteiger partial charge in [0, 0.05) is 18.4 Å². The minimum absolute atomic E-state index is 1.18. The lowest BCUT2D eigenvalue weighted by atomic mass is 9.86. The summed E-state index contributed by atoms with van der Waals surface area (Å²) in [5.41, 5.74) is 11.7. The van der Waals surface area contributed by atoms with Crippen molar-refractivity contribution < 1.29 is 0 Å². The highest BCUT2D eigenvalue weighted by molar-refractivity contribution is 5.74. The van der Waals surface area contributed by atoms with Gasteiger partial charge in [-0.2, -0.15) is 0 Å². The molecule has 4 aromatic rings. The third-order valence-electron chi connectivity index (χ3n) is 6.26. The van der Waals surface area contributed by atoms with Gasteiger partial charge in [0.1, 0.15) is 0 Å². The van der Waals surface area contributed by atoms with Crippen LogP contribution in [0.2, 0.25) is 0 Å². The van der Waals surface area contributed by atoms with Crippen molar-refractivity contribution in [1.29, 1.82) is 0 Å². The molecule has 0 saturated heterocycles. The maximum atomic E-state index is 2.35. The Bertz CT molecular complexity index is 1230. The fourth-order valence-electron chi connectivity index (χ4n) is 4.10. The van der Waals surface area contributed by atoms with E-state index in [1.54, 1.807) is 0 Å². The summed E-state index contributed by atoms with van der Waals surface area (Å²) in [7, 11) is 2.13. The van der Waals surface area contributed by atoms with Crippen LogP contribution in [0.1, 0.15) is 27.8 Å². The molecule has 0 bridgehead atoms. The summed E-state index contributed by atoms with van der Waals surface area (Å²) in [5, 5.41) is 0. The van der Waals surface area contributed by atoms with Gasteiger partial charge < -0.3 is 4.90 Å². The van der Waals surface area contributed by atoms with Gasteiger partial charge in [-0.3, -0.25) is 0 Å². The fraction of sp³-hybridized carbons (Fsp3) is 0.133. The molecule has 0 N–H and O–H groups in total. The summed E-state index contributed by atoms with van der Waals surface area (Å²) in [6, 6.07) is 33.0. The highest BCUT2D eigenvalue weighted by Crippen LogP contribution is 2.32. The maximum Gasteiger partial charge on any atom is 0.0414 e. The zero-order valence-electron chi connectivity index (χ0n) is 18.2. The van der Waals surface area contributed by atoms with Crippen molar-refractivity contribution in [3.63, 3.8) is 0 Å². The lowest BCUT2D eigenvalue weighted by Gasteiger charge is -2.22. The van der Waals surface area contributed by atoms with Crippen molar-refractivity contribution in [2.45, 2.75) is 19.8 Å². The van der Waals surface area contributed by atoms with E-state index in [0.29, 0.717) is 0 Å². The number of fused-ring (bicyclic) bond motifs is 1. The smallest absolute Gasteiger partial charge is 0.0414 e. The molecule has 0 atom stereocenters. The zero-order chi connectivity index (χ0) is 21.2. The van der Waals surface area contributed by atoms with E-state index in [1.165, 1.54) is 63.2 Å². The maximum absolute atomic E-state index is 2.35. The Labute approximate surface area is 185 Å². The fourth-order valence-corrected chi connectivity index (χ4v) is 4.10. The predicted molar refractivity (Wildman–Crippen MR) is 134 cm³/mol. The summed E-state index contributed by atoms with van der Waals surface area (Å²) in [4.78, 5) is 2.25. The van der Waals surface area contributed by atoms with Gasteiger partial charge in [0.2, 0.25) is 0 Å². The van der Waals surface area contributed by atoms with Gasteiger partial charge in [-0.1, -0.05) is 84.4 Å². The molecule has 0 unspecified atom stereocenters. The molecule has 0 amide bonds. The molecular weight excluding hydrogens is 374 g/mol. The minimum Gasteiger partial charge on any atom is -0.345 e. The first-order chi connectivity index (χ1) is 15.2. The zero-order valence-corrected chi connectivity index (χ0v) is 18.2. The summed E-state index contributed by atoms with van der Waals surface area (Å²) < 4.78 is 0. The monoisotopic (exact) mass is 401 g/mol. The van der Waals surface area contributed by atoms with E-state index in [-0.39, 0.29) is 0 Å². The molecule has 31 heavy (non-hydrogen) atoms. The van der Waals surface area contributed by atoms with E-state index in [9.17, 15) is 0 Å². The number of nitrogens with zero attached hydrogens (tertiary/aromatic N) is 1. The minimum atomic E-state index is 1.18. The third kappa shape index (κ3) is 4.18. The SMILES string of the molecule is Cc1ccc(C=Cc2ccc(N(C)c3cccc(-c4ccc5c(c4)CC5)c3)cc2)cc1. The van der Waals surface area contributed by atoms with E-state index in [1.807, 2.05) is 0 Å². The number of aryl methyl sites for hydroxylation is 3. The number of hydrogen-bond donors (Lipinski definition) is 0. The van der Waals surface area contributed by atoms with E-state index in [4.69, 9.17) is 0 Å². The van der Waals surface area contributed by atoms with E-state index >= 15 is 0 Å². The summed E-state index contributed by atoms with van der Waals surface area (Å²) >= 11 is 0. The van der Waals surface area contributed by atoms with Gasteiger partial charge in [-0.15, -0.1) is 0 Å². The molecule has 0 spiro atoms. The number of benzene rings is 4. The second kappa shape index (κ2) is 8.28. The third-order valence-corrected chi connectivity index (χ3v) is 6.26. The summed E-state index contributed by atoms with van der Waals surface area (Å²) in [6.45, 7) is 2.11. The molecule has 0 aromatic heterocycles. The summed E-state index contributed by atoms with van der Waals surface area (Å²) in [6.07, 6.45) is 6.78. The van der Waals surface area contributed by atoms with Gasteiger partial charge in [-0.05, 0) is 77.4 Å². The topological polar surface area (TPSA) is 3.24 Å². The van der Waals surface area contributed by atoms with Crippen molar-refractivity contribution in [2.24, 2.45) is 0 Å². The second-order valence-electron chi connectivity index (χ2n) is 8.43. The largest absolute Gasteiger partial charge is 0.345 e. The Hall–Kier alpha value is -3.58. The molecule has 152 valence electrons. The van der Waals surface area contributed by atoms with Crippen molar-refractivity contribution in [2.75, 3.05) is 11.9 Å². The standard InChI is InChI=1S/C30H27N/c1-22-6-8-23(9-7-22)10-11-24-12-18-29(19-13-24)31(2)30-5-3-4-26(21-30)28-17-15-25-14-16-27(25)20-28/h3-13,15,17-21H,14,16H2,1-2H3. The van der Waals surface area contributed by atoms with Crippen LogP contribution in [0.5, 0.6) is 0 Å². The molecule has 1 aliphatic rings. The van der Waals surface area contributed by atoms with E-state index < -0.39 is 0 Å². The molecule has 5 rings (SSSR count). The van der Waals surface area contributed by atoms with E-state index in [0.717, 1.165) is 0 Å². The second-order valence-corrected chi connectivity index (χ2v) is 8.43. The Balaban J connectivity index is 1.33. The average molecular weight is 402 g/mol. The van der Waals surface area contributed by atoms with Crippen molar-refractivity contribution >= 4 is 23.5 Å². The first-order valence-electron chi connectivity index (χ1n) is 11.0. The van der Waals surface area contributed by atoms with Crippen molar-refractivity contribution in [1.82, 2.24) is 0 Å². The van der Waals surface area contributed by atoms with Crippen LogP contribution in [0.15, 0.2) is 91.0 Å². The lowest BCUT2D eigenvalue weighted by molar-refractivity contribution is 0.840. The highest BCUT2D eigenvalue weighted by Gasteiger charge is 2.13. The van der Waals surface area contributed by atoms with Gasteiger partial charge >= 0.3 is 0 Å². The lowest BCUT2D eigenvalue weighted by Crippen LogP contribution is -2.09. The number of anilines is 2. The molecular formula is C30H27N. The van der Waals surface area contributed by atoms with Crippen LogP contribution in [0.3, 0.4) is 0 Å². The Morgan fingerprint density at radius 1 is 0.613 bits per heavy atom. The first kappa shape index (κ1) is 19.4.